The third kappa shape index (κ3) is 2.87. The molecule has 134 valence electrons. The van der Waals surface area contributed by atoms with Gasteiger partial charge in [0.25, 0.3) is 0 Å². The largest absolute Gasteiger partial charge is 0.356 e. The summed E-state index contributed by atoms with van der Waals surface area (Å²) < 4.78 is 11.8. The van der Waals surface area contributed by atoms with E-state index in [1.807, 2.05) is 48.5 Å². The Labute approximate surface area is 152 Å². The number of hydrogen-bond donors (Lipinski definition) is 1. The molecule has 2 aliphatic heterocycles. The molecule has 1 aromatic heterocycles. The van der Waals surface area contributed by atoms with Crippen molar-refractivity contribution >= 4 is 11.7 Å². The Balaban J connectivity index is 1.78. The highest BCUT2D eigenvalue weighted by Crippen LogP contribution is 2.43. The Morgan fingerprint density at radius 3 is 2.77 bits per heavy atom. The van der Waals surface area contributed by atoms with Crippen LogP contribution in [0.15, 0.2) is 66.5 Å². The van der Waals surface area contributed by atoms with E-state index in [1.54, 1.807) is 13.3 Å². The fourth-order valence-electron chi connectivity index (χ4n) is 3.51. The first-order valence-electron chi connectivity index (χ1n) is 8.70. The summed E-state index contributed by atoms with van der Waals surface area (Å²) in [5.74, 6) is 0.517. The van der Waals surface area contributed by atoms with Gasteiger partial charge in [-0.1, -0.05) is 42.5 Å². The van der Waals surface area contributed by atoms with E-state index >= 15 is 0 Å². The van der Waals surface area contributed by atoms with Crippen LogP contribution in [0.5, 0.6) is 0 Å². The van der Waals surface area contributed by atoms with Crippen LogP contribution in [0, 0.1) is 0 Å². The second kappa shape index (κ2) is 6.90. The molecule has 1 fully saturated rings. The first-order chi connectivity index (χ1) is 12.7. The summed E-state index contributed by atoms with van der Waals surface area (Å²) in [6.07, 6.45) is 4.84. The number of nitrogens with one attached hydrogen (secondary N) is 1. The molecule has 0 bridgehead atoms. The summed E-state index contributed by atoms with van der Waals surface area (Å²) in [5.41, 5.74) is 4.36. The van der Waals surface area contributed by atoms with Gasteiger partial charge in [0.1, 0.15) is 5.60 Å². The van der Waals surface area contributed by atoms with Crippen molar-refractivity contribution in [1.82, 2.24) is 10.4 Å². The molecule has 1 N–H and O–H groups in total. The first kappa shape index (κ1) is 16.8. The van der Waals surface area contributed by atoms with Gasteiger partial charge >= 0.3 is 0 Å². The van der Waals surface area contributed by atoms with Crippen LogP contribution in [0.3, 0.4) is 0 Å². The lowest BCUT2D eigenvalue weighted by molar-refractivity contribution is -0.200. The quantitative estimate of drug-likeness (QED) is 0.921. The fraction of sp³-hybridized carbons (Fsp3) is 0.300. The Morgan fingerprint density at radius 2 is 2.04 bits per heavy atom. The van der Waals surface area contributed by atoms with Crippen molar-refractivity contribution in [1.29, 1.82) is 0 Å². The van der Waals surface area contributed by atoms with E-state index in [-0.39, 0.29) is 12.2 Å². The van der Waals surface area contributed by atoms with Gasteiger partial charge in [-0.05, 0) is 24.1 Å². The van der Waals surface area contributed by atoms with Crippen LogP contribution in [0.25, 0.3) is 0 Å². The molecule has 0 aliphatic carbocycles. The Hall–Kier alpha value is -2.70. The lowest BCUT2D eigenvalue weighted by Gasteiger charge is -2.41. The number of carbonyl (C=O) groups excluding carboxylic acids is 1. The van der Waals surface area contributed by atoms with Crippen LogP contribution < -0.4 is 10.4 Å². The van der Waals surface area contributed by atoms with Crippen molar-refractivity contribution in [2.75, 3.05) is 12.1 Å². The van der Waals surface area contributed by atoms with Crippen LogP contribution in [0.4, 0.5) is 5.82 Å². The van der Waals surface area contributed by atoms with Crippen molar-refractivity contribution in [2.24, 2.45) is 0 Å². The van der Waals surface area contributed by atoms with Crippen LogP contribution in [-0.4, -0.2) is 24.3 Å². The van der Waals surface area contributed by atoms with Crippen LogP contribution in [0.2, 0.25) is 0 Å². The van der Waals surface area contributed by atoms with Crippen molar-refractivity contribution in [3.63, 3.8) is 0 Å². The molecular weight excluding hydrogens is 330 g/mol. The minimum Gasteiger partial charge on any atom is -0.356 e. The number of hydrazine groups is 1. The van der Waals surface area contributed by atoms with Crippen LogP contribution in [0.1, 0.15) is 24.8 Å². The number of hydrogen-bond acceptors (Lipinski definition) is 5. The molecule has 3 heterocycles. The zero-order valence-electron chi connectivity index (χ0n) is 14.6. The number of nitrogens with zero attached hydrogens (tertiary/aromatic N) is 2. The monoisotopic (exact) mass is 351 g/mol. The maximum Gasteiger partial charge on any atom is 0.247 e. The van der Waals surface area contributed by atoms with Gasteiger partial charge in [0.2, 0.25) is 5.91 Å². The summed E-state index contributed by atoms with van der Waals surface area (Å²) in [4.78, 5) is 17.1. The van der Waals surface area contributed by atoms with Crippen molar-refractivity contribution in [3.05, 3.63) is 72.1 Å². The standard InChI is InChI=1S/C20H21N3O3/c1-25-19-11-10-16-20(26-19,15-7-3-2-4-8-15)13-12-18(24)23(22-16)17-9-5-6-14-21-17/h2-10,14,19,22H,11-13H2,1H3/t19-,20+/m0/s1. The van der Waals surface area contributed by atoms with Crippen LogP contribution in [-0.2, 0) is 19.9 Å². The van der Waals surface area contributed by atoms with E-state index in [4.69, 9.17) is 9.47 Å². The molecule has 1 saturated heterocycles. The molecule has 26 heavy (non-hydrogen) atoms. The molecule has 0 spiro atoms. The average Bonchev–Trinajstić information content (AvgIpc) is 2.86. The van der Waals surface area contributed by atoms with Gasteiger partial charge in [-0.25, -0.2) is 9.99 Å². The minimum absolute atomic E-state index is 0.0492. The molecule has 1 amide bonds. The number of carbonyl (C=O) groups is 1. The molecule has 0 unspecified atom stereocenters. The van der Waals surface area contributed by atoms with Gasteiger partial charge in [-0.15, -0.1) is 0 Å². The molecule has 6 nitrogen and oxygen atoms in total. The highest BCUT2D eigenvalue weighted by molar-refractivity contribution is 5.92. The number of methoxy groups -OCH3 is 1. The van der Waals surface area contributed by atoms with Crippen molar-refractivity contribution < 1.29 is 14.3 Å². The van der Waals surface area contributed by atoms with Crippen LogP contribution >= 0.6 is 0 Å². The summed E-state index contributed by atoms with van der Waals surface area (Å²) in [5, 5.41) is 1.51. The number of anilines is 1. The molecule has 2 aromatic rings. The van der Waals surface area contributed by atoms with Crippen molar-refractivity contribution in [3.8, 4) is 0 Å². The normalized spacial score (nSPS) is 25.7. The lowest BCUT2D eigenvalue weighted by Crippen LogP contribution is -2.48. The summed E-state index contributed by atoms with van der Waals surface area (Å²) >= 11 is 0. The van der Waals surface area contributed by atoms with Gasteiger partial charge in [0, 0.05) is 26.1 Å². The molecule has 0 radical (unpaired) electrons. The zero-order chi connectivity index (χ0) is 18.0. The maximum absolute atomic E-state index is 12.8. The molecule has 0 saturated carbocycles. The fourth-order valence-corrected chi connectivity index (χ4v) is 3.51. The number of fused-ring (bicyclic) bond motifs is 1. The minimum atomic E-state index is -0.751. The van der Waals surface area contributed by atoms with E-state index in [0.29, 0.717) is 25.1 Å². The number of ether oxygens (including phenoxy) is 2. The van der Waals surface area contributed by atoms with Gasteiger partial charge in [-0.2, -0.15) is 0 Å². The Kier molecular flexibility index (Phi) is 4.44. The van der Waals surface area contributed by atoms with E-state index in [2.05, 4.69) is 16.5 Å². The Bertz CT molecular complexity index is 810. The van der Waals surface area contributed by atoms with E-state index in [1.165, 1.54) is 5.01 Å². The van der Waals surface area contributed by atoms with Crippen molar-refractivity contribution in [2.45, 2.75) is 31.2 Å². The number of aromatic nitrogens is 1. The van der Waals surface area contributed by atoms with Gasteiger partial charge in [-0.3, -0.25) is 10.2 Å². The number of benzene rings is 1. The number of pyridine rings is 1. The molecule has 1 aromatic carbocycles. The smallest absolute Gasteiger partial charge is 0.247 e. The zero-order valence-corrected chi connectivity index (χ0v) is 14.6. The third-order valence-corrected chi connectivity index (χ3v) is 4.84. The van der Waals surface area contributed by atoms with Gasteiger partial charge in [0.05, 0.1) is 5.70 Å². The van der Waals surface area contributed by atoms with E-state index < -0.39 is 5.60 Å². The maximum atomic E-state index is 12.8. The van der Waals surface area contributed by atoms with Gasteiger partial charge < -0.3 is 9.47 Å². The van der Waals surface area contributed by atoms with Gasteiger partial charge in [0.15, 0.2) is 12.1 Å². The highest BCUT2D eigenvalue weighted by atomic mass is 16.7. The highest BCUT2D eigenvalue weighted by Gasteiger charge is 2.46. The molecular formula is C20H21N3O3. The molecule has 2 atom stereocenters. The first-order valence-corrected chi connectivity index (χ1v) is 8.70. The molecule has 2 aliphatic rings. The summed E-state index contributed by atoms with van der Waals surface area (Å²) in [7, 11) is 1.64. The SMILES string of the molecule is CO[C@@H]1CC=C2NN(c3ccccn3)C(=O)CC[C@]2(c2ccccc2)O1. The van der Waals surface area contributed by atoms with E-state index in [0.717, 1.165) is 11.3 Å². The predicted molar refractivity (Wildman–Crippen MR) is 96.8 cm³/mol. The number of rotatable bonds is 3. The number of amides is 1. The second-order valence-electron chi connectivity index (χ2n) is 6.36. The summed E-state index contributed by atoms with van der Waals surface area (Å²) in [6.45, 7) is 0. The second-order valence-corrected chi connectivity index (χ2v) is 6.36. The lowest BCUT2D eigenvalue weighted by atomic mass is 9.84. The molecule has 4 rings (SSSR count). The van der Waals surface area contributed by atoms with E-state index in [9.17, 15) is 4.79 Å². The molecule has 6 heteroatoms. The third-order valence-electron chi connectivity index (χ3n) is 4.84. The topological polar surface area (TPSA) is 63.7 Å². The predicted octanol–water partition coefficient (Wildman–Crippen LogP) is 2.89. The Morgan fingerprint density at radius 1 is 1.23 bits per heavy atom. The average molecular weight is 351 g/mol. The summed E-state index contributed by atoms with van der Waals surface area (Å²) in [6, 6.07) is 15.5.